The number of nitrogens with one attached hydrogen (secondary N) is 1. The van der Waals surface area contributed by atoms with E-state index in [0.717, 1.165) is 17.8 Å². The van der Waals surface area contributed by atoms with E-state index < -0.39 is 0 Å². The molecule has 0 spiro atoms. The van der Waals surface area contributed by atoms with Crippen LogP contribution in [0.2, 0.25) is 0 Å². The second-order valence-electron chi connectivity index (χ2n) is 5.16. The lowest BCUT2D eigenvalue weighted by atomic mass is 9.98. The SMILES string of the molecule is CNC(c1cc(Br)sc1C)C1C2CCCC21. The fourth-order valence-electron chi connectivity index (χ4n) is 3.69. The Balaban J connectivity index is 1.84. The standard InChI is InChI=1S/C13H18BrNS/c1-7-10(6-11(14)16-7)13(15-2)12-8-4-3-5-9(8)12/h6,8-9,12-13,15H,3-5H2,1-2H3. The predicted octanol–water partition coefficient (Wildman–Crippen LogP) is 4.13. The van der Waals surface area contributed by atoms with E-state index in [2.05, 4.69) is 41.3 Å². The van der Waals surface area contributed by atoms with Gasteiger partial charge < -0.3 is 5.32 Å². The monoisotopic (exact) mass is 299 g/mol. The smallest absolute Gasteiger partial charge is 0.0704 e. The molecule has 3 heteroatoms. The van der Waals surface area contributed by atoms with Crippen molar-refractivity contribution in [2.75, 3.05) is 7.05 Å². The van der Waals surface area contributed by atoms with E-state index in [9.17, 15) is 0 Å². The third-order valence-electron chi connectivity index (χ3n) is 4.43. The number of halogens is 1. The summed E-state index contributed by atoms with van der Waals surface area (Å²) in [5, 5.41) is 3.55. The first kappa shape index (κ1) is 11.2. The summed E-state index contributed by atoms with van der Waals surface area (Å²) in [7, 11) is 2.11. The van der Waals surface area contributed by atoms with E-state index in [0.29, 0.717) is 6.04 Å². The molecule has 2 aliphatic rings. The minimum atomic E-state index is 0.595. The van der Waals surface area contributed by atoms with Gasteiger partial charge in [0.05, 0.1) is 3.79 Å². The first-order valence-electron chi connectivity index (χ1n) is 6.15. The largest absolute Gasteiger partial charge is 0.313 e. The van der Waals surface area contributed by atoms with Crippen molar-refractivity contribution >= 4 is 27.3 Å². The molecule has 88 valence electrons. The molecule has 3 rings (SSSR count). The zero-order chi connectivity index (χ0) is 11.3. The maximum absolute atomic E-state index is 3.60. The van der Waals surface area contributed by atoms with Gasteiger partial charge in [0.2, 0.25) is 0 Å². The minimum absolute atomic E-state index is 0.595. The number of fused-ring (bicyclic) bond motifs is 1. The van der Waals surface area contributed by atoms with Gasteiger partial charge in [-0.25, -0.2) is 0 Å². The maximum Gasteiger partial charge on any atom is 0.0704 e. The number of hydrogen-bond acceptors (Lipinski definition) is 2. The quantitative estimate of drug-likeness (QED) is 0.885. The average Bonchev–Trinajstić information content (AvgIpc) is 2.63. The topological polar surface area (TPSA) is 12.0 Å². The molecule has 0 saturated heterocycles. The van der Waals surface area contributed by atoms with Crippen LogP contribution in [0.3, 0.4) is 0 Å². The summed E-state index contributed by atoms with van der Waals surface area (Å²) in [5.41, 5.74) is 1.53. The Labute approximate surface area is 110 Å². The lowest BCUT2D eigenvalue weighted by Crippen LogP contribution is -2.20. The zero-order valence-corrected chi connectivity index (χ0v) is 12.2. The molecule has 2 aliphatic carbocycles. The molecular formula is C13H18BrNS. The van der Waals surface area contributed by atoms with Crippen LogP contribution in [0.15, 0.2) is 9.85 Å². The Morgan fingerprint density at radius 2 is 2.12 bits per heavy atom. The summed E-state index contributed by atoms with van der Waals surface area (Å²) in [6.07, 6.45) is 4.41. The summed E-state index contributed by atoms with van der Waals surface area (Å²) in [6.45, 7) is 2.24. The van der Waals surface area contributed by atoms with Crippen LogP contribution < -0.4 is 5.32 Å². The molecule has 0 aliphatic heterocycles. The van der Waals surface area contributed by atoms with Gasteiger partial charge >= 0.3 is 0 Å². The molecular weight excluding hydrogens is 282 g/mol. The summed E-state index contributed by atoms with van der Waals surface area (Å²) < 4.78 is 1.27. The molecule has 0 radical (unpaired) electrons. The van der Waals surface area contributed by atoms with Gasteiger partial charge in [0.25, 0.3) is 0 Å². The summed E-state index contributed by atoms with van der Waals surface area (Å²) >= 11 is 5.46. The highest BCUT2D eigenvalue weighted by atomic mass is 79.9. The van der Waals surface area contributed by atoms with Crippen LogP contribution >= 0.6 is 27.3 Å². The number of rotatable bonds is 3. The molecule has 1 aromatic rings. The first-order chi connectivity index (χ1) is 7.72. The third-order valence-corrected chi connectivity index (χ3v) is 6.00. The molecule has 1 heterocycles. The second kappa shape index (κ2) is 4.11. The predicted molar refractivity (Wildman–Crippen MR) is 72.9 cm³/mol. The van der Waals surface area contributed by atoms with E-state index in [1.807, 2.05) is 11.3 Å². The molecule has 16 heavy (non-hydrogen) atoms. The molecule has 3 unspecified atom stereocenters. The Morgan fingerprint density at radius 1 is 1.44 bits per heavy atom. The van der Waals surface area contributed by atoms with Crippen LogP contribution in [0.25, 0.3) is 0 Å². The molecule has 2 saturated carbocycles. The van der Waals surface area contributed by atoms with Crippen LogP contribution in [0.5, 0.6) is 0 Å². The fourth-order valence-corrected chi connectivity index (χ4v) is 5.45. The Kier molecular flexibility index (Phi) is 2.89. The van der Waals surface area contributed by atoms with Crippen LogP contribution in [0, 0.1) is 24.7 Å². The second-order valence-corrected chi connectivity index (χ2v) is 7.80. The Bertz CT molecular complexity index is 391. The van der Waals surface area contributed by atoms with Crippen molar-refractivity contribution in [2.45, 2.75) is 32.2 Å². The van der Waals surface area contributed by atoms with Gasteiger partial charge in [-0.1, -0.05) is 6.42 Å². The van der Waals surface area contributed by atoms with Gasteiger partial charge in [-0.2, -0.15) is 0 Å². The summed E-state index contributed by atoms with van der Waals surface area (Å²) in [6, 6.07) is 2.91. The molecule has 1 nitrogen and oxygen atoms in total. The highest BCUT2D eigenvalue weighted by Gasteiger charge is 2.56. The molecule has 2 fully saturated rings. The molecule has 1 aromatic heterocycles. The fraction of sp³-hybridized carbons (Fsp3) is 0.692. The third kappa shape index (κ3) is 1.68. The van der Waals surface area contributed by atoms with Gasteiger partial charge in [0.1, 0.15) is 0 Å². The highest BCUT2D eigenvalue weighted by molar-refractivity contribution is 9.11. The summed E-state index contributed by atoms with van der Waals surface area (Å²) in [4.78, 5) is 1.47. The zero-order valence-electron chi connectivity index (χ0n) is 9.79. The van der Waals surface area contributed by atoms with Crippen LogP contribution in [0.4, 0.5) is 0 Å². The van der Waals surface area contributed by atoms with Gasteiger partial charge in [0, 0.05) is 10.9 Å². The lowest BCUT2D eigenvalue weighted by Gasteiger charge is -2.18. The Morgan fingerprint density at radius 3 is 2.62 bits per heavy atom. The average molecular weight is 300 g/mol. The van der Waals surface area contributed by atoms with Crippen molar-refractivity contribution in [3.05, 3.63) is 20.3 Å². The van der Waals surface area contributed by atoms with E-state index >= 15 is 0 Å². The minimum Gasteiger partial charge on any atom is -0.313 e. The molecule has 1 N–H and O–H groups in total. The van der Waals surface area contributed by atoms with E-state index in [4.69, 9.17) is 0 Å². The van der Waals surface area contributed by atoms with Crippen LogP contribution in [0.1, 0.15) is 35.7 Å². The van der Waals surface area contributed by atoms with Crippen molar-refractivity contribution < 1.29 is 0 Å². The normalized spacial score (nSPS) is 33.8. The number of hydrogen-bond donors (Lipinski definition) is 1. The number of aryl methyl sites for hydroxylation is 1. The molecule has 0 amide bonds. The van der Waals surface area contributed by atoms with Gasteiger partial charge in [-0.05, 0) is 72.1 Å². The maximum atomic E-state index is 3.60. The summed E-state index contributed by atoms with van der Waals surface area (Å²) in [5.74, 6) is 2.96. The van der Waals surface area contributed by atoms with E-state index in [1.165, 1.54) is 33.5 Å². The highest BCUT2D eigenvalue weighted by Crippen LogP contribution is 2.62. The van der Waals surface area contributed by atoms with Crippen molar-refractivity contribution in [3.63, 3.8) is 0 Å². The van der Waals surface area contributed by atoms with Crippen molar-refractivity contribution in [2.24, 2.45) is 17.8 Å². The van der Waals surface area contributed by atoms with Crippen molar-refractivity contribution in [3.8, 4) is 0 Å². The van der Waals surface area contributed by atoms with Crippen molar-refractivity contribution in [1.29, 1.82) is 0 Å². The van der Waals surface area contributed by atoms with Crippen LogP contribution in [-0.2, 0) is 0 Å². The lowest BCUT2D eigenvalue weighted by molar-refractivity contribution is 0.444. The van der Waals surface area contributed by atoms with Gasteiger partial charge in [0.15, 0.2) is 0 Å². The van der Waals surface area contributed by atoms with E-state index in [1.54, 1.807) is 0 Å². The molecule has 0 bridgehead atoms. The number of thiophene rings is 1. The van der Waals surface area contributed by atoms with Gasteiger partial charge in [-0.15, -0.1) is 11.3 Å². The van der Waals surface area contributed by atoms with Crippen molar-refractivity contribution in [1.82, 2.24) is 5.32 Å². The van der Waals surface area contributed by atoms with E-state index in [-0.39, 0.29) is 0 Å². The first-order valence-corrected chi connectivity index (χ1v) is 7.76. The Hall–Kier alpha value is 0.140. The van der Waals surface area contributed by atoms with Crippen LogP contribution in [-0.4, -0.2) is 7.05 Å². The van der Waals surface area contributed by atoms with Gasteiger partial charge in [-0.3, -0.25) is 0 Å². The molecule has 3 atom stereocenters. The molecule has 0 aromatic carbocycles.